The van der Waals surface area contributed by atoms with Crippen LogP contribution in [0.1, 0.15) is 16.1 Å². The summed E-state index contributed by atoms with van der Waals surface area (Å²) in [7, 11) is 0. The summed E-state index contributed by atoms with van der Waals surface area (Å²) in [4.78, 5) is 13.6. The molecule has 4 rings (SSSR count). The fourth-order valence-electron chi connectivity index (χ4n) is 2.80. The zero-order valence-corrected chi connectivity index (χ0v) is 17.2. The predicted octanol–water partition coefficient (Wildman–Crippen LogP) is 6.68. The van der Waals surface area contributed by atoms with E-state index < -0.39 is 0 Å². The highest BCUT2D eigenvalue weighted by molar-refractivity contribution is 7.98. The minimum absolute atomic E-state index is 0.143. The first-order chi connectivity index (χ1) is 14.6. The van der Waals surface area contributed by atoms with Gasteiger partial charge < -0.3 is 9.84 Å². The third-order valence-corrected chi connectivity index (χ3v) is 5.67. The van der Waals surface area contributed by atoms with Crippen LogP contribution in [0.2, 0.25) is 5.02 Å². The molecule has 4 aromatic rings. The van der Waals surface area contributed by atoms with Gasteiger partial charge in [-0.05, 0) is 54.1 Å². The molecule has 0 spiro atoms. The Bertz CT molecular complexity index is 1180. The van der Waals surface area contributed by atoms with Crippen molar-refractivity contribution in [3.05, 3.63) is 101 Å². The Morgan fingerprint density at radius 1 is 1.03 bits per heavy atom. The van der Waals surface area contributed by atoms with Gasteiger partial charge in [0.25, 0.3) is 5.91 Å². The Kier molecular flexibility index (Phi) is 6.16. The molecule has 1 heterocycles. The van der Waals surface area contributed by atoms with Crippen LogP contribution in [0.5, 0.6) is 0 Å². The first-order valence-corrected chi connectivity index (χ1v) is 10.4. The van der Waals surface area contributed by atoms with E-state index in [1.807, 2.05) is 48.5 Å². The number of amides is 1. The number of hydrogen-bond acceptors (Lipinski definition) is 4. The van der Waals surface area contributed by atoms with Gasteiger partial charge >= 0.3 is 0 Å². The maximum Gasteiger partial charge on any atom is 0.277 e. The van der Waals surface area contributed by atoms with Crippen LogP contribution in [0.4, 0.5) is 10.1 Å². The van der Waals surface area contributed by atoms with Gasteiger partial charge in [0, 0.05) is 27.3 Å². The zero-order chi connectivity index (χ0) is 20.9. The minimum Gasteiger partial charge on any atom is -0.355 e. The normalized spacial score (nSPS) is 10.7. The topological polar surface area (TPSA) is 55.1 Å². The number of thioether (sulfide) groups is 1. The minimum atomic E-state index is -0.386. The fourth-order valence-corrected chi connectivity index (χ4v) is 3.97. The lowest BCUT2D eigenvalue weighted by atomic mass is 10.1. The van der Waals surface area contributed by atoms with Crippen molar-refractivity contribution in [1.29, 1.82) is 0 Å². The summed E-state index contributed by atoms with van der Waals surface area (Å²) >= 11 is 7.64. The Morgan fingerprint density at radius 3 is 2.63 bits per heavy atom. The van der Waals surface area contributed by atoms with Crippen molar-refractivity contribution in [1.82, 2.24) is 5.16 Å². The largest absolute Gasteiger partial charge is 0.355 e. The SMILES string of the molecule is O=C(Nc1ccccc1SCc1cccc(Cl)c1)c1cc(-c2ccc(F)cc2)on1. The van der Waals surface area contributed by atoms with Crippen molar-refractivity contribution < 1.29 is 13.7 Å². The van der Waals surface area contributed by atoms with E-state index in [2.05, 4.69) is 10.5 Å². The summed E-state index contributed by atoms with van der Waals surface area (Å²) in [5.74, 6) is 0.376. The van der Waals surface area contributed by atoms with E-state index >= 15 is 0 Å². The van der Waals surface area contributed by atoms with E-state index in [0.717, 1.165) is 10.5 Å². The Morgan fingerprint density at radius 2 is 1.83 bits per heavy atom. The summed E-state index contributed by atoms with van der Waals surface area (Å²) in [5, 5.41) is 7.41. The molecule has 7 heteroatoms. The summed E-state index contributed by atoms with van der Waals surface area (Å²) in [5.41, 5.74) is 2.55. The molecule has 30 heavy (non-hydrogen) atoms. The highest BCUT2D eigenvalue weighted by Crippen LogP contribution is 2.31. The summed E-state index contributed by atoms with van der Waals surface area (Å²) < 4.78 is 18.3. The number of benzene rings is 3. The number of para-hydroxylation sites is 1. The van der Waals surface area contributed by atoms with Crippen LogP contribution in [0.3, 0.4) is 0 Å². The maximum absolute atomic E-state index is 13.1. The standard InChI is InChI=1S/C23H16ClFN2O2S/c24-17-5-3-4-15(12-17)14-30-22-7-2-1-6-19(22)26-23(28)20-13-21(29-27-20)16-8-10-18(25)11-9-16/h1-13H,14H2,(H,26,28). The van der Waals surface area contributed by atoms with Crippen LogP contribution in [0.15, 0.2) is 88.3 Å². The summed E-state index contributed by atoms with van der Waals surface area (Å²) in [6.45, 7) is 0. The van der Waals surface area contributed by atoms with Gasteiger partial charge in [-0.2, -0.15) is 0 Å². The Hall–Kier alpha value is -3.09. The van der Waals surface area contributed by atoms with Crippen LogP contribution in [0.25, 0.3) is 11.3 Å². The molecule has 4 nitrogen and oxygen atoms in total. The molecule has 0 bridgehead atoms. The predicted molar refractivity (Wildman–Crippen MR) is 117 cm³/mol. The molecule has 1 aromatic heterocycles. The third-order valence-electron chi connectivity index (χ3n) is 4.29. The number of anilines is 1. The van der Waals surface area contributed by atoms with E-state index in [1.54, 1.807) is 23.9 Å². The lowest BCUT2D eigenvalue weighted by molar-refractivity contribution is 0.101. The molecule has 150 valence electrons. The molecule has 1 amide bonds. The molecule has 0 fully saturated rings. The van der Waals surface area contributed by atoms with Crippen molar-refractivity contribution >= 4 is 35.0 Å². The fraction of sp³-hybridized carbons (Fsp3) is 0.0435. The van der Waals surface area contributed by atoms with Crippen LogP contribution in [-0.2, 0) is 5.75 Å². The summed E-state index contributed by atoms with van der Waals surface area (Å²) in [6, 6.07) is 22.5. The quantitative estimate of drug-likeness (QED) is 0.341. The number of rotatable bonds is 6. The maximum atomic E-state index is 13.1. The highest BCUT2D eigenvalue weighted by atomic mass is 35.5. The average molecular weight is 439 g/mol. The van der Waals surface area contributed by atoms with Crippen LogP contribution in [-0.4, -0.2) is 11.1 Å². The summed E-state index contributed by atoms with van der Waals surface area (Å²) in [6.07, 6.45) is 0. The van der Waals surface area contributed by atoms with Gasteiger partial charge in [0.15, 0.2) is 11.5 Å². The Labute approximate surface area is 182 Å². The van der Waals surface area contributed by atoms with Gasteiger partial charge in [0.2, 0.25) is 0 Å². The van der Waals surface area contributed by atoms with Gasteiger partial charge in [-0.1, -0.05) is 41.0 Å². The van der Waals surface area contributed by atoms with E-state index in [-0.39, 0.29) is 17.4 Å². The molecular weight excluding hydrogens is 423 g/mol. The molecule has 0 aliphatic heterocycles. The van der Waals surface area contributed by atoms with Gasteiger partial charge in [0.1, 0.15) is 5.82 Å². The lowest BCUT2D eigenvalue weighted by Gasteiger charge is -2.10. The molecule has 1 N–H and O–H groups in total. The molecule has 0 aliphatic carbocycles. The first-order valence-electron chi connectivity index (χ1n) is 9.09. The van der Waals surface area contributed by atoms with E-state index in [4.69, 9.17) is 16.1 Å². The Balaban J connectivity index is 1.47. The van der Waals surface area contributed by atoms with Gasteiger partial charge in [0.05, 0.1) is 5.69 Å². The van der Waals surface area contributed by atoms with Crippen molar-refractivity contribution in [2.75, 3.05) is 5.32 Å². The number of carbonyl (C=O) groups is 1. The lowest BCUT2D eigenvalue weighted by Crippen LogP contribution is -2.12. The number of nitrogens with zero attached hydrogens (tertiary/aromatic N) is 1. The number of halogens is 2. The van der Waals surface area contributed by atoms with E-state index in [1.165, 1.54) is 18.2 Å². The van der Waals surface area contributed by atoms with Crippen LogP contribution in [0, 0.1) is 5.82 Å². The monoisotopic (exact) mass is 438 g/mol. The van der Waals surface area contributed by atoms with Crippen molar-refractivity contribution in [2.45, 2.75) is 10.6 Å². The second kappa shape index (κ2) is 9.15. The second-order valence-electron chi connectivity index (χ2n) is 6.45. The van der Waals surface area contributed by atoms with Crippen molar-refractivity contribution in [3.63, 3.8) is 0 Å². The van der Waals surface area contributed by atoms with Gasteiger partial charge in [-0.15, -0.1) is 11.8 Å². The molecule has 0 radical (unpaired) electrons. The third kappa shape index (κ3) is 4.90. The molecule has 0 atom stereocenters. The molecule has 0 unspecified atom stereocenters. The smallest absolute Gasteiger partial charge is 0.277 e. The molecule has 0 saturated carbocycles. The van der Waals surface area contributed by atoms with Crippen LogP contribution >= 0.6 is 23.4 Å². The van der Waals surface area contributed by atoms with Gasteiger partial charge in [-0.25, -0.2) is 4.39 Å². The highest BCUT2D eigenvalue weighted by Gasteiger charge is 2.15. The molecule has 0 aliphatic rings. The number of aromatic nitrogens is 1. The molecule has 0 saturated heterocycles. The molecule has 3 aromatic carbocycles. The molecular formula is C23H16ClFN2O2S. The number of nitrogens with one attached hydrogen (secondary N) is 1. The van der Waals surface area contributed by atoms with E-state index in [0.29, 0.717) is 27.8 Å². The van der Waals surface area contributed by atoms with Gasteiger partial charge in [-0.3, -0.25) is 4.79 Å². The second-order valence-corrected chi connectivity index (χ2v) is 7.91. The van der Waals surface area contributed by atoms with Crippen molar-refractivity contribution in [2.24, 2.45) is 0 Å². The van der Waals surface area contributed by atoms with Crippen LogP contribution < -0.4 is 5.32 Å². The average Bonchev–Trinajstić information content (AvgIpc) is 3.24. The number of hydrogen-bond donors (Lipinski definition) is 1. The first kappa shape index (κ1) is 20.2. The zero-order valence-electron chi connectivity index (χ0n) is 15.6. The van der Waals surface area contributed by atoms with Crippen molar-refractivity contribution in [3.8, 4) is 11.3 Å². The number of carbonyl (C=O) groups excluding carboxylic acids is 1. The van der Waals surface area contributed by atoms with E-state index in [9.17, 15) is 9.18 Å².